The number of carboxylic acids is 1. The van der Waals surface area contributed by atoms with Crippen LogP contribution in [0.15, 0.2) is 24.3 Å². The Morgan fingerprint density at radius 3 is 2.30 bits per heavy atom. The van der Waals surface area contributed by atoms with Crippen LogP contribution in [-0.2, 0) is 16.0 Å². The average molecular weight is 278 g/mol. The normalized spacial score (nSPS) is 10.2. The number of amides is 1. The number of carboxylic acid groups (broad SMARTS) is 1. The molecule has 0 unspecified atom stereocenters. The van der Waals surface area contributed by atoms with Crippen molar-refractivity contribution in [3.05, 3.63) is 29.8 Å². The van der Waals surface area contributed by atoms with Crippen LogP contribution >= 0.6 is 0 Å². The molecule has 0 radical (unpaired) electrons. The van der Waals surface area contributed by atoms with E-state index in [1.165, 1.54) is 0 Å². The molecule has 0 spiro atoms. The zero-order valence-electron chi connectivity index (χ0n) is 11.6. The Morgan fingerprint density at radius 2 is 1.70 bits per heavy atom. The Labute approximate surface area is 119 Å². The van der Waals surface area contributed by atoms with Gasteiger partial charge in [0.15, 0.2) is 0 Å². The summed E-state index contributed by atoms with van der Waals surface area (Å²) >= 11 is 0. The first kappa shape index (κ1) is 16.2. The van der Waals surface area contributed by atoms with Crippen molar-refractivity contribution in [1.82, 2.24) is 0 Å². The van der Waals surface area contributed by atoms with Gasteiger partial charge < -0.3 is 16.2 Å². The topological polar surface area (TPSA) is 92.4 Å². The lowest BCUT2D eigenvalue weighted by Crippen LogP contribution is -2.11. The second kappa shape index (κ2) is 9.09. The fraction of sp³-hybridized carbons (Fsp3) is 0.467. The zero-order valence-corrected chi connectivity index (χ0v) is 11.6. The molecule has 1 amide bonds. The molecular formula is C15H22N2O3. The van der Waals surface area contributed by atoms with Gasteiger partial charge in [0.25, 0.3) is 0 Å². The van der Waals surface area contributed by atoms with Crippen LogP contribution < -0.4 is 11.1 Å². The number of hydrogen-bond acceptors (Lipinski definition) is 3. The maximum absolute atomic E-state index is 11.7. The highest BCUT2D eigenvalue weighted by molar-refractivity contribution is 5.90. The second-order valence-electron chi connectivity index (χ2n) is 4.77. The monoisotopic (exact) mass is 278 g/mol. The highest BCUT2D eigenvalue weighted by atomic mass is 16.4. The number of unbranched alkanes of at least 4 members (excludes halogenated alkanes) is 3. The highest BCUT2D eigenvalue weighted by Crippen LogP contribution is 2.11. The molecule has 20 heavy (non-hydrogen) atoms. The standard InChI is InChI=1S/C15H22N2O3/c16-10-4-2-1-3-5-14(18)17-13-8-6-12(7-9-13)11-15(19)20/h6-9H,1-5,10-11,16H2,(H,17,18)(H,19,20). The summed E-state index contributed by atoms with van der Waals surface area (Å²) < 4.78 is 0. The number of hydrogen-bond donors (Lipinski definition) is 3. The van der Waals surface area contributed by atoms with Crippen molar-refractivity contribution < 1.29 is 14.7 Å². The molecule has 5 nitrogen and oxygen atoms in total. The number of carbonyl (C=O) groups excluding carboxylic acids is 1. The summed E-state index contributed by atoms with van der Waals surface area (Å²) in [7, 11) is 0. The first-order chi connectivity index (χ1) is 9.61. The summed E-state index contributed by atoms with van der Waals surface area (Å²) in [5, 5.41) is 11.5. The lowest BCUT2D eigenvalue weighted by molar-refractivity contribution is -0.136. The third-order valence-corrected chi connectivity index (χ3v) is 2.95. The maximum atomic E-state index is 11.7. The van der Waals surface area contributed by atoms with Crippen LogP contribution in [0, 0.1) is 0 Å². The van der Waals surface area contributed by atoms with Gasteiger partial charge in [-0.3, -0.25) is 9.59 Å². The van der Waals surface area contributed by atoms with Gasteiger partial charge in [0.05, 0.1) is 6.42 Å². The van der Waals surface area contributed by atoms with E-state index >= 15 is 0 Å². The summed E-state index contributed by atoms with van der Waals surface area (Å²) in [6.45, 7) is 0.703. The minimum atomic E-state index is -0.862. The molecule has 0 saturated carbocycles. The Hall–Kier alpha value is -1.88. The van der Waals surface area contributed by atoms with Crippen molar-refractivity contribution in [3.63, 3.8) is 0 Å². The molecule has 1 aromatic rings. The molecule has 0 atom stereocenters. The van der Waals surface area contributed by atoms with E-state index in [2.05, 4.69) is 5.32 Å². The van der Waals surface area contributed by atoms with Gasteiger partial charge in [-0.25, -0.2) is 0 Å². The van der Waals surface area contributed by atoms with E-state index in [1.54, 1.807) is 24.3 Å². The van der Waals surface area contributed by atoms with Crippen LogP contribution in [0.3, 0.4) is 0 Å². The maximum Gasteiger partial charge on any atom is 0.307 e. The van der Waals surface area contributed by atoms with Gasteiger partial charge in [-0.1, -0.05) is 25.0 Å². The summed E-state index contributed by atoms with van der Waals surface area (Å²) in [5.74, 6) is -0.872. The van der Waals surface area contributed by atoms with Crippen LogP contribution in [0.4, 0.5) is 5.69 Å². The number of aliphatic carboxylic acids is 1. The SMILES string of the molecule is NCCCCCCC(=O)Nc1ccc(CC(=O)O)cc1. The predicted molar refractivity (Wildman–Crippen MR) is 78.6 cm³/mol. The van der Waals surface area contributed by atoms with E-state index in [-0.39, 0.29) is 12.3 Å². The largest absolute Gasteiger partial charge is 0.481 e. The number of rotatable bonds is 9. The Morgan fingerprint density at radius 1 is 1.05 bits per heavy atom. The van der Waals surface area contributed by atoms with Crippen LogP contribution in [0.25, 0.3) is 0 Å². The number of anilines is 1. The second-order valence-corrected chi connectivity index (χ2v) is 4.77. The molecule has 5 heteroatoms. The van der Waals surface area contributed by atoms with Crippen LogP contribution in [0.1, 0.15) is 37.7 Å². The van der Waals surface area contributed by atoms with Crippen molar-refractivity contribution in [2.24, 2.45) is 5.73 Å². The minimum Gasteiger partial charge on any atom is -0.481 e. The number of nitrogens with one attached hydrogen (secondary N) is 1. The van der Waals surface area contributed by atoms with Crippen LogP contribution in [0.5, 0.6) is 0 Å². The van der Waals surface area contributed by atoms with Gasteiger partial charge in [0.2, 0.25) is 5.91 Å². The fourth-order valence-electron chi connectivity index (χ4n) is 1.89. The molecule has 1 aromatic carbocycles. The van der Waals surface area contributed by atoms with Gasteiger partial charge in [-0.2, -0.15) is 0 Å². The molecule has 0 aromatic heterocycles. The highest BCUT2D eigenvalue weighted by Gasteiger charge is 2.04. The number of benzene rings is 1. The summed E-state index contributed by atoms with van der Waals surface area (Å²) in [5.41, 5.74) is 6.82. The number of nitrogens with two attached hydrogens (primary N) is 1. The van der Waals surface area contributed by atoms with E-state index in [0.29, 0.717) is 18.7 Å². The third-order valence-electron chi connectivity index (χ3n) is 2.95. The Bertz CT molecular complexity index is 429. The van der Waals surface area contributed by atoms with Crippen molar-refractivity contribution in [2.75, 3.05) is 11.9 Å². The average Bonchev–Trinajstić information content (AvgIpc) is 2.40. The molecule has 0 aliphatic heterocycles. The van der Waals surface area contributed by atoms with E-state index in [4.69, 9.17) is 10.8 Å². The smallest absolute Gasteiger partial charge is 0.307 e. The molecular weight excluding hydrogens is 256 g/mol. The first-order valence-corrected chi connectivity index (χ1v) is 6.92. The molecule has 110 valence electrons. The molecule has 0 fully saturated rings. The van der Waals surface area contributed by atoms with Crippen LogP contribution in [0.2, 0.25) is 0 Å². The van der Waals surface area contributed by atoms with E-state index < -0.39 is 5.97 Å². The summed E-state index contributed by atoms with van der Waals surface area (Å²) in [4.78, 5) is 22.2. The summed E-state index contributed by atoms with van der Waals surface area (Å²) in [6.07, 6.45) is 4.45. The Balaban J connectivity index is 2.29. The minimum absolute atomic E-state index is 0.00459. The fourth-order valence-corrected chi connectivity index (χ4v) is 1.89. The molecule has 0 heterocycles. The van der Waals surface area contributed by atoms with E-state index in [1.807, 2.05) is 0 Å². The van der Waals surface area contributed by atoms with E-state index in [9.17, 15) is 9.59 Å². The zero-order chi connectivity index (χ0) is 14.8. The van der Waals surface area contributed by atoms with Gasteiger partial charge in [-0.15, -0.1) is 0 Å². The molecule has 0 aliphatic carbocycles. The lowest BCUT2D eigenvalue weighted by atomic mass is 10.1. The number of carbonyl (C=O) groups is 2. The van der Waals surface area contributed by atoms with Gasteiger partial charge in [0.1, 0.15) is 0 Å². The molecule has 0 saturated heterocycles. The summed E-state index contributed by atoms with van der Waals surface area (Å²) in [6, 6.07) is 6.88. The molecule has 1 rings (SSSR count). The quantitative estimate of drug-likeness (QED) is 0.603. The molecule has 0 bridgehead atoms. The van der Waals surface area contributed by atoms with Crippen molar-refractivity contribution in [1.29, 1.82) is 0 Å². The lowest BCUT2D eigenvalue weighted by Gasteiger charge is -2.06. The van der Waals surface area contributed by atoms with Gasteiger partial charge in [0, 0.05) is 12.1 Å². The van der Waals surface area contributed by atoms with Crippen LogP contribution in [-0.4, -0.2) is 23.5 Å². The molecule has 4 N–H and O–H groups in total. The van der Waals surface area contributed by atoms with E-state index in [0.717, 1.165) is 31.2 Å². The first-order valence-electron chi connectivity index (χ1n) is 6.92. The van der Waals surface area contributed by atoms with Crippen molar-refractivity contribution in [2.45, 2.75) is 38.5 Å². The van der Waals surface area contributed by atoms with Gasteiger partial charge >= 0.3 is 5.97 Å². The van der Waals surface area contributed by atoms with Crippen molar-refractivity contribution in [3.8, 4) is 0 Å². The Kier molecular flexibility index (Phi) is 7.35. The third kappa shape index (κ3) is 6.89. The molecule has 0 aliphatic rings. The predicted octanol–water partition coefficient (Wildman–Crippen LogP) is 2.16. The van der Waals surface area contributed by atoms with Crippen molar-refractivity contribution >= 4 is 17.6 Å². The van der Waals surface area contributed by atoms with Gasteiger partial charge in [-0.05, 0) is 37.1 Å².